The Morgan fingerprint density at radius 3 is 2.79 bits per heavy atom. The van der Waals surface area contributed by atoms with E-state index in [1.54, 1.807) is 4.57 Å². The van der Waals surface area contributed by atoms with Crippen molar-refractivity contribution >= 4 is 5.82 Å². The lowest BCUT2D eigenvalue weighted by Gasteiger charge is -2.16. The Labute approximate surface area is 82.9 Å². The van der Waals surface area contributed by atoms with Gasteiger partial charge in [0.15, 0.2) is 0 Å². The van der Waals surface area contributed by atoms with E-state index < -0.39 is 0 Å². The molecule has 0 spiro atoms. The molecule has 1 fully saturated rings. The van der Waals surface area contributed by atoms with E-state index in [0.29, 0.717) is 5.62 Å². The van der Waals surface area contributed by atoms with E-state index in [9.17, 15) is 0 Å². The molecule has 1 aromatic rings. The van der Waals surface area contributed by atoms with Crippen LogP contribution in [0.1, 0.15) is 12.8 Å². The molecular formula is C9H15N5. The molecule has 1 aliphatic rings. The van der Waals surface area contributed by atoms with Gasteiger partial charge in [-0.3, -0.25) is 0 Å². The quantitative estimate of drug-likeness (QED) is 0.496. The van der Waals surface area contributed by atoms with E-state index in [-0.39, 0.29) is 0 Å². The predicted octanol–water partition coefficient (Wildman–Crippen LogP) is -0.205. The first-order valence-corrected chi connectivity index (χ1v) is 4.84. The van der Waals surface area contributed by atoms with Crippen LogP contribution < -0.4 is 16.4 Å². The summed E-state index contributed by atoms with van der Waals surface area (Å²) in [7, 11) is 1.88. The molecule has 2 heterocycles. The Morgan fingerprint density at radius 1 is 1.43 bits per heavy atom. The van der Waals surface area contributed by atoms with Crippen molar-refractivity contribution in [1.82, 2.24) is 9.55 Å². The molecule has 0 aliphatic carbocycles. The highest BCUT2D eigenvalue weighted by molar-refractivity contribution is 5.37. The lowest BCUT2D eigenvalue weighted by atomic mass is 10.4. The smallest absolute Gasteiger partial charge is 0.247 e. The van der Waals surface area contributed by atoms with Crippen molar-refractivity contribution in [2.24, 2.45) is 18.0 Å². The number of nitrogens with two attached hydrogens (primary N) is 1. The Kier molecular flexibility index (Phi) is 2.39. The van der Waals surface area contributed by atoms with Crippen LogP contribution in [0.5, 0.6) is 0 Å². The van der Waals surface area contributed by atoms with Crippen LogP contribution in [0.3, 0.4) is 0 Å². The maximum atomic E-state index is 5.24. The van der Waals surface area contributed by atoms with Crippen molar-refractivity contribution in [3.63, 3.8) is 0 Å². The third-order valence-corrected chi connectivity index (χ3v) is 2.52. The molecule has 0 bridgehead atoms. The van der Waals surface area contributed by atoms with Crippen molar-refractivity contribution in [1.29, 1.82) is 0 Å². The number of anilines is 1. The first-order chi connectivity index (χ1) is 6.81. The first kappa shape index (κ1) is 9.05. The maximum absolute atomic E-state index is 5.24. The van der Waals surface area contributed by atoms with Gasteiger partial charge in [-0.05, 0) is 18.9 Å². The zero-order chi connectivity index (χ0) is 9.97. The lowest BCUT2D eigenvalue weighted by molar-refractivity contribution is 0.752. The highest BCUT2D eigenvalue weighted by Gasteiger charge is 2.13. The van der Waals surface area contributed by atoms with E-state index >= 15 is 0 Å². The second-order valence-corrected chi connectivity index (χ2v) is 3.52. The van der Waals surface area contributed by atoms with E-state index in [2.05, 4.69) is 15.0 Å². The number of rotatable bonds is 1. The fraction of sp³-hybridized carbons (Fsp3) is 0.556. The predicted molar refractivity (Wildman–Crippen MR) is 54.4 cm³/mol. The van der Waals surface area contributed by atoms with E-state index in [0.717, 1.165) is 18.9 Å². The summed E-state index contributed by atoms with van der Waals surface area (Å²) in [5.74, 6) is 6.22. The van der Waals surface area contributed by atoms with Crippen molar-refractivity contribution in [3.8, 4) is 0 Å². The first-order valence-electron chi connectivity index (χ1n) is 4.84. The molecule has 0 atom stereocenters. The molecular weight excluding hydrogens is 178 g/mol. The largest absolute Gasteiger partial charge is 0.356 e. The monoisotopic (exact) mass is 193 g/mol. The zero-order valence-corrected chi connectivity index (χ0v) is 8.35. The van der Waals surface area contributed by atoms with Gasteiger partial charge in [0.2, 0.25) is 5.62 Å². The average molecular weight is 193 g/mol. The number of aryl methyl sites for hydroxylation is 1. The summed E-state index contributed by atoms with van der Waals surface area (Å²) in [6.07, 6.45) is 4.43. The topological polar surface area (TPSA) is 59.4 Å². The summed E-state index contributed by atoms with van der Waals surface area (Å²) >= 11 is 0. The SMILES string of the molecule is Cn1ccc(N2CCCC2)nc1=NN. The van der Waals surface area contributed by atoms with Gasteiger partial charge in [-0.25, -0.2) is 0 Å². The molecule has 2 N–H and O–H groups in total. The number of aromatic nitrogens is 2. The molecule has 2 rings (SSSR count). The molecule has 5 heteroatoms. The Morgan fingerprint density at radius 2 is 2.14 bits per heavy atom. The molecule has 14 heavy (non-hydrogen) atoms. The molecule has 0 unspecified atom stereocenters. The van der Waals surface area contributed by atoms with E-state index in [4.69, 9.17) is 5.84 Å². The standard InChI is InChI=1S/C9H15N5/c1-13-7-4-8(11-9(13)12-10)14-5-2-3-6-14/h4,7H,2-3,5-6,10H2,1H3. The second-order valence-electron chi connectivity index (χ2n) is 3.52. The van der Waals surface area contributed by atoms with Gasteiger partial charge in [0.1, 0.15) is 5.82 Å². The molecule has 0 aromatic carbocycles. The molecule has 5 nitrogen and oxygen atoms in total. The van der Waals surface area contributed by atoms with Crippen LogP contribution in [-0.4, -0.2) is 22.6 Å². The average Bonchev–Trinajstić information content (AvgIpc) is 2.71. The molecule has 1 saturated heterocycles. The van der Waals surface area contributed by atoms with Crippen molar-refractivity contribution in [3.05, 3.63) is 17.9 Å². The fourth-order valence-electron chi connectivity index (χ4n) is 1.71. The molecule has 0 amide bonds. The van der Waals surface area contributed by atoms with Gasteiger partial charge in [0.25, 0.3) is 0 Å². The normalized spacial score (nSPS) is 17.8. The van der Waals surface area contributed by atoms with Gasteiger partial charge in [0, 0.05) is 26.3 Å². The van der Waals surface area contributed by atoms with Crippen LogP contribution in [0.2, 0.25) is 0 Å². The number of hydrogen-bond donors (Lipinski definition) is 1. The molecule has 1 aliphatic heterocycles. The Bertz CT molecular complexity index is 375. The van der Waals surface area contributed by atoms with Crippen LogP contribution in [0.25, 0.3) is 0 Å². The van der Waals surface area contributed by atoms with Gasteiger partial charge in [-0.15, -0.1) is 5.10 Å². The van der Waals surface area contributed by atoms with Crippen LogP contribution in [0.4, 0.5) is 5.82 Å². The van der Waals surface area contributed by atoms with Crippen LogP contribution in [-0.2, 0) is 7.05 Å². The fourth-order valence-corrected chi connectivity index (χ4v) is 1.71. The Hall–Kier alpha value is -1.52. The van der Waals surface area contributed by atoms with Gasteiger partial charge in [-0.2, -0.15) is 4.98 Å². The number of hydrogen-bond acceptors (Lipinski definition) is 4. The summed E-state index contributed by atoms with van der Waals surface area (Å²) in [5.41, 5.74) is 0.564. The zero-order valence-electron chi connectivity index (χ0n) is 8.35. The van der Waals surface area contributed by atoms with Crippen molar-refractivity contribution in [2.45, 2.75) is 12.8 Å². The van der Waals surface area contributed by atoms with Gasteiger partial charge < -0.3 is 15.3 Å². The summed E-state index contributed by atoms with van der Waals surface area (Å²) < 4.78 is 1.81. The highest BCUT2D eigenvalue weighted by atomic mass is 15.3. The Balaban J connectivity index is 2.35. The molecule has 76 valence electrons. The van der Waals surface area contributed by atoms with Gasteiger partial charge in [0.05, 0.1) is 0 Å². The molecule has 0 saturated carbocycles. The van der Waals surface area contributed by atoms with E-state index in [1.807, 2.05) is 19.3 Å². The van der Waals surface area contributed by atoms with Crippen molar-refractivity contribution in [2.75, 3.05) is 18.0 Å². The van der Waals surface area contributed by atoms with Gasteiger partial charge >= 0.3 is 0 Å². The maximum Gasteiger partial charge on any atom is 0.247 e. The third kappa shape index (κ3) is 1.57. The minimum Gasteiger partial charge on any atom is -0.356 e. The molecule has 1 aromatic heterocycles. The lowest BCUT2D eigenvalue weighted by Crippen LogP contribution is -2.28. The minimum absolute atomic E-state index is 0.564. The van der Waals surface area contributed by atoms with Crippen molar-refractivity contribution < 1.29 is 0 Å². The number of nitrogens with zero attached hydrogens (tertiary/aromatic N) is 4. The van der Waals surface area contributed by atoms with Crippen LogP contribution >= 0.6 is 0 Å². The molecule has 0 radical (unpaired) electrons. The highest BCUT2D eigenvalue weighted by Crippen LogP contribution is 2.14. The second kappa shape index (κ2) is 3.69. The summed E-state index contributed by atoms with van der Waals surface area (Å²) in [6, 6.07) is 2.00. The van der Waals surface area contributed by atoms with Crippen LogP contribution in [0, 0.1) is 0 Å². The van der Waals surface area contributed by atoms with E-state index in [1.165, 1.54) is 12.8 Å². The summed E-state index contributed by atoms with van der Waals surface area (Å²) in [6.45, 7) is 2.18. The summed E-state index contributed by atoms with van der Waals surface area (Å²) in [5, 5.41) is 3.63. The third-order valence-electron chi connectivity index (χ3n) is 2.52. The summed E-state index contributed by atoms with van der Waals surface area (Å²) in [4.78, 5) is 6.63. The minimum atomic E-state index is 0.564. The van der Waals surface area contributed by atoms with Gasteiger partial charge in [-0.1, -0.05) is 0 Å². The van der Waals surface area contributed by atoms with Crippen LogP contribution in [0.15, 0.2) is 17.4 Å².